The Hall–Kier alpha value is -2.05. The number of alkyl halides is 3. The average Bonchev–Trinajstić information content (AvgIpc) is 2.56. The number of benzene rings is 1. The number of sulfonamides is 1. The minimum absolute atomic E-state index is 0.122. The van der Waals surface area contributed by atoms with E-state index < -0.39 is 27.0 Å². The van der Waals surface area contributed by atoms with Crippen molar-refractivity contribution in [2.45, 2.75) is 44.7 Å². The molecule has 148 valence electrons. The molecule has 0 saturated carbocycles. The van der Waals surface area contributed by atoms with E-state index in [4.69, 9.17) is 4.74 Å². The second kappa shape index (κ2) is 7.17. The summed E-state index contributed by atoms with van der Waals surface area (Å²) in [5, 5.41) is 0. The summed E-state index contributed by atoms with van der Waals surface area (Å²) in [4.78, 5) is 0. The Bertz CT molecular complexity index is 933. The highest BCUT2D eigenvalue weighted by atomic mass is 32.2. The van der Waals surface area contributed by atoms with E-state index in [0.29, 0.717) is 9.87 Å². The highest BCUT2D eigenvalue weighted by molar-refractivity contribution is 7.90. The summed E-state index contributed by atoms with van der Waals surface area (Å²) < 4.78 is 76.0. The van der Waals surface area contributed by atoms with Crippen molar-refractivity contribution in [2.75, 3.05) is 13.7 Å². The Balaban J connectivity index is 2.80. The van der Waals surface area contributed by atoms with Crippen LogP contribution in [0.4, 0.5) is 13.2 Å². The first-order chi connectivity index (χ1) is 12.4. The summed E-state index contributed by atoms with van der Waals surface area (Å²) in [5.41, 5.74) is 0.190. The van der Waals surface area contributed by atoms with Gasteiger partial charge < -0.3 is 4.74 Å². The highest BCUT2D eigenvalue weighted by Crippen LogP contribution is 2.38. The molecule has 0 aromatic heterocycles. The Morgan fingerprint density at radius 1 is 1.19 bits per heavy atom. The van der Waals surface area contributed by atoms with E-state index in [9.17, 15) is 21.6 Å². The van der Waals surface area contributed by atoms with Crippen molar-refractivity contribution < 1.29 is 26.3 Å². The average molecular weight is 403 g/mol. The Morgan fingerprint density at radius 2 is 1.74 bits per heavy atom. The van der Waals surface area contributed by atoms with Crippen molar-refractivity contribution in [1.29, 1.82) is 0 Å². The normalized spacial score (nSPS) is 15.9. The fourth-order valence-electron chi connectivity index (χ4n) is 2.81. The number of hydrogen-bond donors (Lipinski definition) is 0. The molecule has 0 fully saturated rings. The third kappa shape index (κ3) is 3.82. The molecule has 9 heteroatoms. The zero-order valence-corrected chi connectivity index (χ0v) is 16.6. The quantitative estimate of drug-likeness (QED) is 0.726. The molecule has 0 bridgehead atoms. The van der Waals surface area contributed by atoms with Crippen LogP contribution in [-0.2, 0) is 14.8 Å². The molecule has 5 nitrogen and oxygen atoms in total. The standard InChI is InChI=1S/C18H22F3N2O3S/c1-6-23(27(24,25)17(2,3)4)15(18(19,20)21)14-11-22-16(26-5)13-10-8-7-9-12(13)14/h7-10,15H,6H2,1-5H3/q+1. The van der Waals surface area contributed by atoms with Crippen LogP contribution >= 0.6 is 0 Å². The molecule has 0 N–H and O–H groups in total. The van der Waals surface area contributed by atoms with Crippen molar-refractivity contribution in [2.24, 2.45) is 0 Å². The maximum atomic E-state index is 14.1. The van der Waals surface area contributed by atoms with Crippen LogP contribution in [0.15, 0.2) is 24.3 Å². The van der Waals surface area contributed by atoms with Crippen LogP contribution in [0.5, 0.6) is 0 Å². The lowest BCUT2D eigenvalue weighted by Gasteiger charge is -2.36. The fourth-order valence-corrected chi connectivity index (χ4v) is 4.36. The number of halogens is 3. The van der Waals surface area contributed by atoms with Crippen LogP contribution in [0.2, 0.25) is 0 Å². The van der Waals surface area contributed by atoms with Crippen LogP contribution in [0.1, 0.15) is 38.8 Å². The van der Waals surface area contributed by atoms with Gasteiger partial charge in [-0.2, -0.15) is 17.5 Å². The van der Waals surface area contributed by atoms with E-state index in [1.54, 1.807) is 18.2 Å². The first kappa shape index (κ1) is 21.3. The summed E-state index contributed by atoms with van der Waals surface area (Å²) in [7, 11) is -2.92. The van der Waals surface area contributed by atoms with Crippen LogP contribution in [0.3, 0.4) is 0 Å². The number of nitrogens with zero attached hydrogens (tertiary/aromatic N) is 2. The zero-order valence-electron chi connectivity index (χ0n) is 15.8. The van der Waals surface area contributed by atoms with E-state index in [1.807, 2.05) is 0 Å². The molecule has 1 aromatic carbocycles. The molecule has 1 heterocycles. The molecule has 1 aliphatic heterocycles. The van der Waals surface area contributed by atoms with Gasteiger partial charge in [0.1, 0.15) is 11.1 Å². The Labute approximate surface area is 156 Å². The van der Waals surface area contributed by atoms with E-state index in [1.165, 1.54) is 40.9 Å². The number of hydrogen-bond acceptors (Lipinski definition) is 3. The van der Waals surface area contributed by atoms with Gasteiger partial charge in [-0.3, -0.25) is 0 Å². The van der Waals surface area contributed by atoms with Gasteiger partial charge in [0.05, 0.1) is 11.9 Å². The molecular weight excluding hydrogens is 381 g/mol. The fraction of sp³-hybridized carbons (Fsp3) is 0.500. The van der Waals surface area contributed by atoms with Crippen LogP contribution in [-0.4, -0.2) is 55.1 Å². The second-order valence-corrected chi connectivity index (χ2v) is 9.60. The maximum absolute atomic E-state index is 14.1. The predicted molar refractivity (Wildman–Crippen MR) is 99.0 cm³/mol. The van der Waals surface area contributed by atoms with Gasteiger partial charge in [-0.1, -0.05) is 25.1 Å². The number of ether oxygens (including phenoxy) is 1. The molecular formula is C18H22F3N2O3S+. The van der Waals surface area contributed by atoms with E-state index in [0.717, 1.165) is 0 Å². The van der Waals surface area contributed by atoms with Gasteiger partial charge in [0.2, 0.25) is 10.0 Å². The maximum Gasteiger partial charge on any atom is 0.508 e. The summed E-state index contributed by atoms with van der Waals surface area (Å²) in [6.45, 7) is 5.13. The van der Waals surface area contributed by atoms with Gasteiger partial charge >= 0.3 is 17.9 Å². The number of methoxy groups -OCH3 is 1. The monoisotopic (exact) mass is 403 g/mol. The lowest BCUT2D eigenvalue weighted by atomic mass is 9.93. The van der Waals surface area contributed by atoms with Gasteiger partial charge in [0.15, 0.2) is 6.04 Å². The van der Waals surface area contributed by atoms with Crippen molar-refractivity contribution >= 4 is 27.4 Å². The Morgan fingerprint density at radius 3 is 2.19 bits per heavy atom. The van der Waals surface area contributed by atoms with Crippen molar-refractivity contribution in [3.63, 3.8) is 0 Å². The van der Waals surface area contributed by atoms with Gasteiger partial charge in [-0.25, -0.2) is 8.42 Å². The number of rotatable bonds is 4. The van der Waals surface area contributed by atoms with Crippen LogP contribution in [0.25, 0.3) is 5.57 Å². The minimum Gasteiger partial charge on any atom is -0.434 e. The van der Waals surface area contributed by atoms with Crippen LogP contribution in [0, 0.1) is 0 Å². The third-order valence-electron chi connectivity index (χ3n) is 4.18. The molecule has 1 aliphatic rings. The van der Waals surface area contributed by atoms with Crippen molar-refractivity contribution in [1.82, 2.24) is 8.97 Å². The third-order valence-corrected chi connectivity index (χ3v) is 6.82. The van der Waals surface area contributed by atoms with Gasteiger partial charge in [-0.05, 0) is 26.8 Å². The molecule has 0 spiro atoms. The van der Waals surface area contributed by atoms with E-state index in [-0.39, 0.29) is 23.6 Å². The molecule has 0 aliphatic carbocycles. The second-order valence-electron chi connectivity index (χ2n) is 6.96. The minimum atomic E-state index is -4.86. The molecule has 0 amide bonds. The zero-order chi connectivity index (χ0) is 20.6. The molecule has 1 atom stereocenters. The summed E-state index contributed by atoms with van der Waals surface area (Å²) in [6, 6.07) is 3.85. The topological polar surface area (TPSA) is 60.7 Å². The summed E-state index contributed by atoms with van der Waals surface area (Å²) in [6.07, 6.45) is -4.86. The van der Waals surface area contributed by atoms with Crippen molar-refractivity contribution in [3.05, 3.63) is 35.4 Å². The summed E-state index contributed by atoms with van der Waals surface area (Å²) >= 11 is 0. The van der Waals surface area contributed by atoms with Crippen molar-refractivity contribution in [3.8, 4) is 0 Å². The molecule has 1 unspecified atom stereocenters. The van der Waals surface area contributed by atoms with E-state index >= 15 is 0 Å². The van der Waals surface area contributed by atoms with Crippen LogP contribution < -0.4 is 4.67 Å². The van der Waals surface area contributed by atoms with Gasteiger partial charge in [0.25, 0.3) is 0 Å². The first-order valence-corrected chi connectivity index (χ1v) is 9.72. The SMILES string of the molecule is CCN(C(C1=C=[N+]=C(OC)c2ccccc21)C(F)(F)F)S(=O)(=O)C(C)(C)C. The highest BCUT2D eigenvalue weighted by Gasteiger charge is 2.54. The number of fused-ring (bicyclic) bond motifs is 1. The molecule has 1 aromatic rings. The number of likely N-dealkylation sites (N-methyl/N-ethyl adjacent to an activating group) is 1. The lowest BCUT2D eigenvalue weighted by molar-refractivity contribution is -0.155. The molecule has 0 radical (unpaired) electrons. The van der Waals surface area contributed by atoms with Gasteiger partial charge in [-0.15, -0.1) is 0 Å². The largest absolute Gasteiger partial charge is 0.508 e. The molecule has 27 heavy (non-hydrogen) atoms. The lowest BCUT2D eigenvalue weighted by Crippen LogP contribution is -2.54. The molecule has 2 rings (SSSR count). The Kier molecular flexibility index (Phi) is 5.64. The van der Waals surface area contributed by atoms with Gasteiger partial charge in [0, 0.05) is 16.8 Å². The predicted octanol–water partition coefficient (Wildman–Crippen LogP) is 2.59. The smallest absolute Gasteiger partial charge is 0.434 e. The van der Waals surface area contributed by atoms with E-state index in [2.05, 4.69) is 10.5 Å². The summed E-state index contributed by atoms with van der Waals surface area (Å²) in [5.74, 6) is 2.50. The molecule has 0 saturated heterocycles. The first-order valence-electron chi connectivity index (χ1n) is 8.28.